The van der Waals surface area contributed by atoms with Crippen LogP contribution in [0.1, 0.15) is 74.6 Å². The van der Waals surface area contributed by atoms with Crippen LogP contribution in [0.15, 0.2) is 24.3 Å². The van der Waals surface area contributed by atoms with Gasteiger partial charge in [-0.1, -0.05) is 38.5 Å². The van der Waals surface area contributed by atoms with Crippen molar-refractivity contribution in [3.63, 3.8) is 0 Å². The molecule has 2 aliphatic carbocycles. The summed E-state index contributed by atoms with van der Waals surface area (Å²) in [6.07, 6.45) is 11.3. The predicted molar refractivity (Wildman–Crippen MR) is 111 cm³/mol. The fourth-order valence-electron chi connectivity index (χ4n) is 4.54. The summed E-state index contributed by atoms with van der Waals surface area (Å²) < 4.78 is 5.33. The number of esters is 1. The summed E-state index contributed by atoms with van der Waals surface area (Å²) in [5.74, 6) is -0.625. The number of nitrogens with two attached hydrogens (primary N) is 1. The lowest BCUT2D eigenvalue weighted by Gasteiger charge is -2.41. The SMILES string of the molecule is NC(=O)Nc1ccc(C(=O)OCC(=O)N(C2CCCCC2)C2CCCCC2)cc1. The number of rotatable bonds is 6. The van der Waals surface area contributed by atoms with E-state index in [2.05, 4.69) is 5.32 Å². The molecule has 0 unspecified atom stereocenters. The van der Waals surface area contributed by atoms with Crippen LogP contribution < -0.4 is 11.1 Å². The second-order valence-electron chi connectivity index (χ2n) is 8.03. The third kappa shape index (κ3) is 5.95. The van der Waals surface area contributed by atoms with E-state index in [1.54, 1.807) is 12.1 Å². The second kappa shape index (κ2) is 10.3. The highest BCUT2D eigenvalue weighted by Gasteiger charge is 2.32. The largest absolute Gasteiger partial charge is 0.452 e. The number of nitrogens with one attached hydrogen (secondary N) is 1. The molecule has 3 N–H and O–H groups in total. The lowest BCUT2D eigenvalue weighted by atomic mass is 9.88. The molecule has 2 aliphatic rings. The zero-order chi connectivity index (χ0) is 20.6. The number of hydrogen-bond donors (Lipinski definition) is 2. The van der Waals surface area contributed by atoms with E-state index in [4.69, 9.17) is 10.5 Å². The first-order valence-corrected chi connectivity index (χ1v) is 10.7. The van der Waals surface area contributed by atoms with Crippen LogP contribution in [0.5, 0.6) is 0 Å². The van der Waals surface area contributed by atoms with E-state index in [1.165, 1.54) is 25.0 Å². The molecule has 3 rings (SSSR count). The predicted octanol–water partition coefficient (Wildman–Crippen LogP) is 3.83. The highest BCUT2D eigenvalue weighted by Crippen LogP contribution is 2.30. The Morgan fingerprint density at radius 1 is 0.897 bits per heavy atom. The quantitative estimate of drug-likeness (QED) is 0.707. The number of carbonyl (C=O) groups excluding carboxylic acids is 3. The lowest BCUT2D eigenvalue weighted by molar-refractivity contribution is -0.141. The van der Waals surface area contributed by atoms with Gasteiger partial charge in [-0.2, -0.15) is 0 Å². The molecule has 1 aromatic rings. The van der Waals surface area contributed by atoms with Crippen molar-refractivity contribution >= 4 is 23.6 Å². The number of hydrogen-bond acceptors (Lipinski definition) is 4. The van der Waals surface area contributed by atoms with Crippen molar-refractivity contribution < 1.29 is 19.1 Å². The molecular weight excluding hydrogens is 370 g/mol. The van der Waals surface area contributed by atoms with Gasteiger partial charge in [0, 0.05) is 17.8 Å². The molecule has 0 heterocycles. The zero-order valence-corrected chi connectivity index (χ0v) is 16.9. The molecule has 7 nitrogen and oxygen atoms in total. The van der Waals surface area contributed by atoms with Crippen LogP contribution in [0.4, 0.5) is 10.5 Å². The Morgan fingerprint density at radius 2 is 1.41 bits per heavy atom. The molecule has 2 saturated carbocycles. The average Bonchev–Trinajstić information content (AvgIpc) is 2.74. The fourth-order valence-corrected chi connectivity index (χ4v) is 4.54. The van der Waals surface area contributed by atoms with Gasteiger partial charge in [-0.25, -0.2) is 9.59 Å². The van der Waals surface area contributed by atoms with Crippen LogP contribution >= 0.6 is 0 Å². The summed E-state index contributed by atoms with van der Waals surface area (Å²) in [6.45, 7) is -0.229. The molecule has 0 radical (unpaired) electrons. The van der Waals surface area contributed by atoms with Crippen LogP contribution in [-0.4, -0.2) is 41.5 Å². The topological polar surface area (TPSA) is 102 Å². The lowest BCUT2D eigenvalue weighted by Crippen LogP contribution is -2.50. The molecule has 0 spiro atoms. The van der Waals surface area contributed by atoms with Gasteiger partial charge < -0.3 is 20.7 Å². The summed E-state index contributed by atoms with van der Waals surface area (Å²) >= 11 is 0. The van der Waals surface area contributed by atoms with Gasteiger partial charge in [0.05, 0.1) is 5.56 Å². The Morgan fingerprint density at radius 3 is 1.90 bits per heavy atom. The van der Waals surface area contributed by atoms with Gasteiger partial charge in [0.1, 0.15) is 0 Å². The molecule has 0 saturated heterocycles. The number of anilines is 1. The maximum atomic E-state index is 13.0. The molecule has 29 heavy (non-hydrogen) atoms. The van der Waals surface area contributed by atoms with E-state index in [1.807, 2.05) is 4.90 Å². The second-order valence-corrected chi connectivity index (χ2v) is 8.03. The van der Waals surface area contributed by atoms with Gasteiger partial charge >= 0.3 is 12.0 Å². The van der Waals surface area contributed by atoms with Crippen molar-refractivity contribution in [2.24, 2.45) is 5.73 Å². The molecule has 3 amide bonds. The smallest absolute Gasteiger partial charge is 0.338 e. The first kappa shape index (κ1) is 21.1. The maximum Gasteiger partial charge on any atom is 0.338 e. The third-order valence-electron chi connectivity index (χ3n) is 5.94. The van der Waals surface area contributed by atoms with Crippen molar-refractivity contribution in [1.82, 2.24) is 4.90 Å². The summed E-state index contributed by atoms with van der Waals surface area (Å²) in [7, 11) is 0. The average molecular weight is 402 g/mol. The molecule has 7 heteroatoms. The van der Waals surface area contributed by atoms with Crippen molar-refractivity contribution in [2.45, 2.75) is 76.3 Å². The Balaban J connectivity index is 1.59. The fraction of sp³-hybridized carbons (Fsp3) is 0.591. The van der Waals surface area contributed by atoms with Gasteiger partial charge in [-0.3, -0.25) is 4.79 Å². The van der Waals surface area contributed by atoms with Crippen LogP contribution in [-0.2, 0) is 9.53 Å². The standard InChI is InChI=1S/C22H31N3O4/c23-22(28)24-17-13-11-16(12-14-17)21(27)29-15-20(26)25(18-7-3-1-4-8-18)19-9-5-2-6-10-19/h11-14,18-19H,1-10,15H2,(H3,23,24,28). The first-order chi connectivity index (χ1) is 14.0. The summed E-state index contributed by atoms with van der Waals surface area (Å²) in [4.78, 5) is 38.3. The summed E-state index contributed by atoms with van der Waals surface area (Å²) in [5, 5.41) is 2.43. The number of benzene rings is 1. The molecule has 0 bridgehead atoms. The molecule has 0 atom stereocenters. The summed E-state index contributed by atoms with van der Waals surface area (Å²) in [6, 6.07) is 6.10. The van der Waals surface area contributed by atoms with Crippen LogP contribution in [0, 0.1) is 0 Å². The molecule has 1 aromatic carbocycles. The number of amides is 3. The van der Waals surface area contributed by atoms with Crippen molar-refractivity contribution in [1.29, 1.82) is 0 Å². The first-order valence-electron chi connectivity index (χ1n) is 10.7. The van der Waals surface area contributed by atoms with Crippen molar-refractivity contribution in [2.75, 3.05) is 11.9 Å². The Bertz CT molecular complexity index is 689. The minimum Gasteiger partial charge on any atom is -0.452 e. The monoisotopic (exact) mass is 401 g/mol. The highest BCUT2D eigenvalue weighted by molar-refractivity contribution is 5.93. The Labute approximate surface area is 172 Å². The summed E-state index contributed by atoms with van der Waals surface area (Å²) in [5.41, 5.74) is 5.89. The van der Waals surface area contributed by atoms with E-state index < -0.39 is 12.0 Å². The van der Waals surface area contributed by atoms with E-state index in [0.29, 0.717) is 11.3 Å². The van der Waals surface area contributed by atoms with E-state index in [9.17, 15) is 14.4 Å². The van der Waals surface area contributed by atoms with Crippen molar-refractivity contribution in [3.05, 3.63) is 29.8 Å². The Hall–Kier alpha value is -2.57. The molecule has 0 aliphatic heterocycles. The van der Waals surface area contributed by atoms with E-state index in [-0.39, 0.29) is 24.6 Å². The number of ether oxygens (including phenoxy) is 1. The highest BCUT2D eigenvalue weighted by atomic mass is 16.5. The molecule has 158 valence electrons. The van der Waals surface area contributed by atoms with Gasteiger partial charge in [0.15, 0.2) is 6.61 Å². The number of carbonyl (C=O) groups is 3. The van der Waals surface area contributed by atoms with E-state index >= 15 is 0 Å². The molecule has 0 aromatic heterocycles. The minimum atomic E-state index is -0.670. The molecular formula is C22H31N3O4. The number of nitrogens with zero attached hydrogens (tertiary/aromatic N) is 1. The molecule has 2 fully saturated rings. The van der Waals surface area contributed by atoms with E-state index in [0.717, 1.165) is 51.4 Å². The minimum absolute atomic E-state index is 0.0795. The van der Waals surface area contributed by atoms with Gasteiger partial charge in [-0.05, 0) is 49.9 Å². The van der Waals surface area contributed by atoms with Gasteiger partial charge in [0.2, 0.25) is 0 Å². The Kier molecular flexibility index (Phi) is 7.49. The van der Waals surface area contributed by atoms with Gasteiger partial charge in [-0.15, -0.1) is 0 Å². The third-order valence-corrected chi connectivity index (χ3v) is 5.94. The maximum absolute atomic E-state index is 13.0. The van der Waals surface area contributed by atoms with Crippen molar-refractivity contribution in [3.8, 4) is 0 Å². The zero-order valence-electron chi connectivity index (χ0n) is 16.9. The van der Waals surface area contributed by atoms with Crippen LogP contribution in [0.3, 0.4) is 0 Å². The van der Waals surface area contributed by atoms with Crippen LogP contribution in [0.25, 0.3) is 0 Å². The normalized spacial score (nSPS) is 18.1. The van der Waals surface area contributed by atoms with Crippen LogP contribution in [0.2, 0.25) is 0 Å². The number of primary amides is 1. The number of urea groups is 1. The van der Waals surface area contributed by atoms with Gasteiger partial charge in [0.25, 0.3) is 5.91 Å².